The molecule has 0 atom stereocenters. The van der Waals surface area contributed by atoms with E-state index in [1.165, 1.54) is 0 Å². The fourth-order valence-electron chi connectivity index (χ4n) is 1.67. The Kier molecular flexibility index (Phi) is 4.34. The summed E-state index contributed by atoms with van der Waals surface area (Å²) in [5.74, 6) is 0.902. The van der Waals surface area contributed by atoms with Crippen LogP contribution in [-0.4, -0.2) is 30.7 Å². The third-order valence-electron chi connectivity index (χ3n) is 2.77. The van der Waals surface area contributed by atoms with Crippen molar-refractivity contribution in [1.82, 2.24) is 14.7 Å². The smallest absolute Gasteiger partial charge is 0.211 e. The highest BCUT2D eigenvalue weighted by molar-refractivity contribution is 7.89. The molecule has 0 aliphatic carbocycles. The zero-order chi connectivity index (χ0) is 13.7. The summed E-state index contributed by atoms with van der Waals surface area (Å²) in [6, 6.07) is 9.80. The molecule has 0 saturated carbocycles. The first-order valence-corrected chi connectivity index (χ1v) is 7.82. The molecule has 0 bridgehead atoms. The van der Waals surface area contributed by atoms with Gasteiger partial charge in [-0.1, -0.05) is 30.3 Å². The van der Waals surface area contributed by atoms with Gasteiger partial charge in [-0.25, -0.2) is 18.1 Å². The maximum absolute atomic E-state index is 11.3. The number of imidazole rings is 1. The Hall–Kier alpha value is -1.66. The van der Waals surface area contributed by atoms with Crippen LogP contribution in [0.5, 0.6) is 0 Å². The molecule has 1 aromatic carbocycles. The second kappa shape index (κ2) is 5.99. The quantitative estimate of drug-likeness (QED) is 0.842. The molecule has 1 heterocycles. The molecule has 0 unspecified atom stereocenters. The number of aromatic nitrogens is 2. The molecule has 0 saturated heterocycles. The molecule has 0 amide bonds. The lowest BCUT2D eigenvalue weighted by atomic mass is 10.2. The van der Waals surface area contributed by atoms with Gasteiger partial charge in [-0.2, -0.15) is 0 Å². The molecular formula is C13H17N3O2S. The Labute approximate surface area is 113 Å². The number of aromatic amines is 1. The van der Waals surface area contributed by atoms with Crippen LogP contribution < -0.4 is 4.72 Å². The van der Waals surface area contributed by atoms with Crippen LogP contribution in [-0.2, 0) is 16.4 Å². The largest absolute Gasteiger partial charge is 0.342 e. The summed E-state index contributed by atoms with van der Waals surface area (Å²) in [4.78, 5) is 7.48. The lowest BCUT2D eigenvalue weighted by Gasteiger charge is -2.02. The van der Waals surface area contributed by atoms with Crippen LogP contribution in [0.4, 0.5) is 0 Å². The molecule has 2 rings (SSSR count). The highest BCUT2D eigenvalue weighted by Crippen LogP contribution is 2.14. The standard InChI is InChI=1S/C13H17N3O2S/c1-2-19(17,18)15-9-8-12-10-14-13(16-12)11-6-4-3-5-7-11/h3-7,10,15H,2,8-9H2,1H3,(H,14,16). The van der Waals surface area contributed by atoms with E-state index in [-0.39, 0.29) is 5.75 Å². The van der Waals surface area contributed by atoms with Gasteiger partial charge >= 0.3 is 0 Å². The summed E-state index contributed by atoms with van der Waals surface area (Å²) in [5.41, 5.74) is 1.93. The maximum atomic E-state index is 11.3. The van der Waals surface area contributed by atoms with Crippen molar-refractivity contribution in [2.24, 2.45) is 0 Å². The van der Waals surface area contributed by atoms with E-state index < -0.39 is 10.0 Å². The molecule has 6 heteroatoms. The van der Waals surface area contributed by atoms with E-state index in [1.807, 2.05) is 30.3 Å². The van der Waals surface area contributed by atoms with Crippen LogP contribution in [0.15, 0.2) is 36.5 Å². The van der Waals surface area contributed by atoms with Gasteiger partial charge in [0.1, 0.15) is 5.82 Å². The van der Waals surface area contributed by atoms with Gasteiger partial charge in [0.15, 0.2) is 0 Å². The normalized spacial score (nSPS) is 11.6. The lowest BCUT2D eigenvalue weighted by Crippen LogP contribution is -2.27. The van der Waals surface area contributed by atoms with Crippen molar-refractivity contribution in [3.8, 4) is 11.4 Å². The van der Waals surface area contributed by atoms with Crippen molar-refractivity contribution in [1.29, 1.82) is 0 Å². The van der Waals surface area contributed by atoms with Gasteiger partial charge < -0.3 is 4.98 Å². The van der Waals surface area contributed by atoms with E-state index in [1.54, 1.807) is 13.1 Å². The second-order valence-electron chi connectivity index (χ2n) is 4.17. The number of nitrogens with zero attached hydrogens (tertiary/aromatic N) is 1. The average molecular weight is 279 g/mol. The van der Waals surface area contributed by atoms with E-state index in [9.17, 15) is 8.42 Å². The molecule has 0 radical (unpaired) electrons. The van der Waals surface area contributed by atoms with Gasteiger partial charge in [0.2, 0.25) is 10.0 Å². The Morgan fingerprint density at radius 3 is 2.68 bits per heavy atom. The van der Waals surface area contributed by atoms with Crippen molar-refractivity contribution >= 4 is 10.0 Å². The topological polar surface area (TPSA) is 74.8 Å². The SMILES string of the molecule is CCS(=O)(=O)NCCc1cnc(-c2ccccc2)[nH]1. The number of benzene rings is 1. The number of hydrogen-bond acceptors (Lipinski definition) is 3. The van der Waals surface area contributed by atoms with E-state index in [0.717, 1.165) is 17.1 Å². The first-order valence-electron chi connectivity index (χ1n) is 6.17. The van der Waals surface area contributed by atoms with Crippen LogP contribution >= 0.6 is 0 Å². The minimum Gasteiger partial charge on any atom is -0.342 e. The fourth-order valence-corrected chi connectivity index (χ4v) is 2.29. The summed E-state index contributed by atoms with van der Waals surface area (Å²) in [6.07, 6.45) is 2.33. The summed E-state index contributed by atoms with van der Waals surface area (Å²) >= 11 is 0. The molecule has 2 N–H and O–H groups in total. The molecule has 1 aromatic heterocycles. The zero-order valence-electron chi connectivity index (χ0n) is 10.8. The first kappa shape index (κ1) is 13.8. The van der Waals surface area contributed by atoms with Crippen molar-refractivity contribution < 1.29 is 8.42 Å². The highest BCUT2D eigenvalue weighted by atomic mass is 32.2. The number of nitrogens with one attached hydrogen (secondary N) is 2. The molecule has 2 aromatic rings. The van der Waals surface area contributed by atoms with E-state index in [4.69, 9.17) is 0 Å². The number of sulfonamides is 1. The van der Waals surface area contributed by atoms with Crippen molar-refractivity contribution in [2.45, 2.75) is 13.3 Å². The summed E-state index contributed by atoms with van der Waals surface area (Å²) in [5, 5.41) is 0. The molecular weight excluding hydrogens is 262 g/mol. The Morgan fingerprint density at radius 2 is 2.00 bits per heavy atom. The lowest BCUT2D eigenvalue weighted by molar-refractivity contribution is 0.582. The predicted molar refractivity (Wildman–Crippen MR) is 75.2 cm³/mol. The zero-order valence-corrected chi connectivity index (χ0v) is 11.6. The third-order valence-corrected chi connectivity index (χ3v) is 4.18. The molecule has 19 heavy (non-hydrogen) atoms. The van der Waals surface area contributed by atoms with Crippen molar-refractivity contribution in [3.63, 3.8) is 0 Å². The monoisotopic (exact) mass is 279 g/mol. The van der Waals surface area contributed by atoms with Crippen LogP contribution in [0.1, 0.15) is 12.6 Å². The van der Waals surface area contributed by atoms with Crippen molar-refractivity contribution in [2.75, 3.05) is 12.3 Å². The fraction of sp³-hybridized carbons (Fsp3) is 0.308. The maximum Gasteiger partial charge on any atom is 0.211 e. The molecule has 5 nitrogen and oxygen atoms in total. The Morgan fingerprint density at radius 1 is 1.26 bits per heavy atom. The van der Waals surface area contributed by atoms with E-state index in [2.05, 4.69) is 14.7 Å². The minimum atomic E-state index is -3.12. The van der Waals surface area contributed by atoms with Crippen LogP contribution in [0.2, 0.25) is 0 Å². The highest BCUT2D eigenvalue weighted by Gasteiger charge is 2.07. The molecule has 0 aliphatic rings. The van der Waals surface area contributed by atoms with Gasteiger partial charge in [0.25, 0.3) is 0 Å². The van der Waals surface area contributed by atoms with Crippen LogP contribution in [0.25, 0.3) is 11.4 Å². The van der Waals surface area contributed by atoms with Gasteiger partial charge in [-0.3, -0.25) is 0 Å². The average Bonchev–Trinajstić information content (AvgIpc) is 2.88. The first-order chi connectivity index (χ1) is 9.11. The number of rotatable bonds is 6. The van der Waals surface area contributed by atoms with Crippen LogP contribution in [0, 0.1) is 0 Å². The second-order valence-corrected chi connectivity index (χ2v) is 6.27. The van der Waals surface area contributed by atoms with E-state index in [0.29, 0.717) is 13.0 Å². The van der Waals surface area contributed by atoms with Gasteiger partial charge in [0.05, 0.1) is 5.75 Å². The summed E-state index contributed by atoms with van der Waals surface area (Å²) < 4.78 is 25.1. The van der Waals surface area contributed by atoms with E-state index >= 15 is 0 Å². The third kappa shape index (κ3) is 3.90. The van der Waals surface area contributed by atoms with Crippen LogP contribution in [0.3, 0.4) is 0 Å². The predicted octanol–water partition coefficient (Wildman–Crippen LogP) is 1.56. The number of hydrogen-bond donors (Lipinski definition) is 2. The molecule has 0 spiro atoms. The van der Waals surface area contributed by atoms with Gasteiger partial charge in [-0.15, -0.1) is 0 Å². The minimum absolute atomic E-state index is 0.102. The van der Waals surface area contributed by atoms with Gasteiger partial charge in [-0.05, 0) is 6.92 Å². The summed E-state index contributed by atoms with van der Waals surface area (Å²) in [6.45, 7) is 2.00. The molecule has 0 aliphatic heterocycles. The Bertz CT molecular complexity index is 620. The summed E-state index contributed by atoms with van der Waals surface area (Å²) in [7, 11) is -3.12. The Balaban J connectivity index is 1.95. The molecule has 102 valence electrons. The number of H-pyrrole nitrogens is 1. The molecule has 0 fully saturated rings. The van der Waals surface area contributed by atoms with Crippen molar-refractivity contribution in [3.05, 3.63) is 42.2 Å². The van der Waals surface area contributed by atoms with Gasteiger partial charge in [0, 0.05) is 30.4 Å².